The van der Waals surface area contributed by atoms with Crippen molar-refractivity contribution in [3.63, 3.8) is 0 Å². The molecule has 30 heavy (non-hydrogen) atoms. The lowest BCUT2D eigenvalue weighted by molar-refractivity contribution is 0.0526. The number of amides is 1. The van der Waals surface area contributed by atoms with E-state index in [0.717, 1.165) is 33.2 Å². The zero-order valence-corrected chi connectivity index (χ0v) is 19.7. The van der Waals surface area contributed by atoms with Crippen molar-refractivity contribution >= 4 is 57.0 Å². The van der Waals surface area contributed by atoms with E-state index in [1.165, 1.54) is 11.3 Å². The summed E-state index contributed by atoms with van der Waals surface area (Å²) in [6.45, 7) is 4.95. The first-order chi connectivity index (χ1) is 14.6. The van der Waals surface area contributed by atoms with E-state index in [1.807, 2.05) is 47.2 Å². The second kappa shape index (κ2) is 10.8. The van der Waals surface area contributed by atoms with Crippen molar-refractivity contribution < 1.29 is 14.3 Å². The second-order valence-corrected chi connectivity index (χ2v) is 9.64. The van der Waals surface area contributed by atoms with Gasteiger partial charge in [0.1, 0.15) is 0 Å². The van der Waals surface area contributed by atoms with Crippen LogP contribution in [0.5, 0.6) is 0 Å². The highest BCUT2D eigenvalue weighted by Crippen LogP contribution is 2.21. The molecule has 2 aromatic carbocycles. The van der Waals surface area contributed by atoms with E-state index < -0.39 is 0 Å². The number of aromatic nitrogens is 1. The third kappa shape index (κ3) is 5.36. The van der Waals surface area contributed by atoms with E-state index in [-0.39, 0.29) is 11.9 Å². The number of rotatable bonds is 8. The Morgan fingerprint density at radius 3 is 2.50 bits per heavy atom. The van der Waals surface area contributed by atoms with Gasteiger partial charge in [0.2, 0.25) is 0 Å². The lowest BCUT2D eigenvalue weighted by Crippen LogP contribution is -2.18. The Kier molecular flexibility index (Phi) is 8.18. The van der Waals surface area contributed by atoms with Gasteiger partial charge >= 0.3 is 5.97 Å². The van der Waals surface area contributed by atoms with Crippen molar-refractivity contribution in [2.45, 2.75) is 25.3 Å². The standard InChI is InChI=1S/C22H24N2O3S3/c1-4-27-21(26)16-8-11-18-19(14-16)30-22(24(18)12-13-28-3)23-20(25)15-6-9-17(10-7-15)29-5-2/h6-11,14H,4-5,12-13H2,1-3H3. The van der Waals surface area contributed by atoms with Gasteiger partial charge in [-0.2, -0.15) is 16.8 Å². The van der Waals surface area contributed by atoms with Crippen molar-refractivity contribution in [3.8, 4) is 0 Å². The number of hydrogen-bond donors (Lipinski definition) is 0. The highest BCUT2D eigenvalue weighted by Gasteiger charge is 2.13. The molecular formula is C22H24N2O3S3. The molecule has 1 amide bonds. The van der Waals surface area contributed by atoms with Gasteiger partial charge in [-0.1, -0.05) is 18.3 Å². The van der Waals surface area contributed by atoms with Crippen LogP contribution in [0.4, 0.5) is 0 Å². The lowest BCUT2D eigenvalue weighted by atomic mass is 10.2. The summed E-state index contributed by atoms with van der Waals surface area (Å²) >= 11 is 4.88. The fourth-order valence-electron chi connectivity index (χ4n) is 2.91. The average molecular weight is 461 g/mol. The fraction of sp³-hybridized carbons (Fsp3) is 0.318. The minimum atomic E-state index is -0.344. The molecule has 158 valence electrons. The Labute approximate surface area is 188 Å². The molecule has 0 N–H and O–H groups in total. The van der Waals surface area contributed by atoms with Gasteiger partial charge in [0.25, 0.3) is 5.91 Å². The summed E-state index contributed by atoms with van der Waals surface area (Å²) in [5.74, 6) is 1.28. The third-order valence-corrected chi connectivity index (χ3v) is 6.85. The predicted molar refractivity (Wildman–Crippen MR) is 127 cm³/mol. The first-order valence-electron chi connectivity index (χ1n) is 9.68. The Balaban J connectivity index is 2.01. The topological polar surface area (TPSA) is 60.7 Å². The van der Waals surface area contributed by atoms with E-state index in [2.05, 4.69) is 11.9 Å². The summed E-state index contributed by atoms with van der Waals surface area (Å²) in [5, 5.41) is 0. The summed E-state index contributed by atoms with van der Waals surface area (Å²) in [6, 6.07) is 13.0. The molecule has 0 saturated carbocycles. The van der Waals surface area contributed by atoms with Crippen LogP contribution >= 0.6 is 34.9 Å². The van der Waals surface area contributed by atoms with E-state index in [0.29, 0.717) is 22.5 Å². The maximum Gasteiger partial charge on any atom is 0.338 e. The monoisotopic (exact) mass is 460 g/mol. The molecule has 0 unspecified atom stereocenters. The minimum Gasteiger partial charge on any atom is -0.462 e. The Morgan fingerprint density at radius 1 is 1.10 bits per heavy atom. The maximum absolute atomic E-state index is 12.8. The molecule has 8 heteroatoms. The molecular weight excluding hydrogens is 436 g/mol. The molecule has 0 aliphatic heterocycles. The van der Waals surface area contributed by atoms with Crippen molar-refractivity contribution in [3.05, 3.63) is 58.4 Å². The number of carbonyl (C=O) groups is 2. The quantitative estimate of drug-likeness (QED) is 0.346. The minimum absolute atomic E-state index is 0.266. The van der Waals surface area contributed by atoms with E-state index >= 15 is 0 Å². The van der Waals surface area contributed by atoms with Gasteiger partial charge in [0, 0.05) is 22.8 Å². The van der Waals surface area contributed by atoms with E-state index in [4.69, 9.17) is 4.74 Å². The van der Waals surface area contributed by atoms with Crippen molar-refractivity contribution in [1.82, 2.24) is 4.57 Å². The van der Waals surface area contributed by atoms with Gasteiger partial charge < -0.3 is 9.30 Å². The predicted octanol–water partition coefficient (Wildman–Crippen LogP) is 5.10. The number of fused-ring (bicyclic) bond motifs is 1. The smallest absolute Gasteiger partial charge is 0.338 e. The fourth-order valence-corrected chi connectivity index (χ4v) is 5.03. The summed E-state index contributed by atoms with van der Waals surface area (Å²) in [6.07, 6.45) is 2.05. The number of esters is 1. The van der Waals surface area contributed by atoms with Crippen LogP contribution in [-0.2, 0) is 11.3 Å². The summed E-state index contributed by atoms with van der Waals surface area (Å²) < 4.78 is 8.06. The largest absolute Gasteiger partial charge is 0.462 e. The maximum atomic E-state index is 12.8. The molecule has 0 fully saturated rings. The lowest BCUT2D eigenvalue weighted by Gasteiger charge is -2.05. The first-order valence-corrected chi connectivity index (χ1v) is 12.9. The molecule has 0 spiro atoms. The average Bonchev–Trinajstić information content (AvgIpc) is 3.09. The van der Waals surface area contributed by atoms with Crippen LogP contribution in [-0.4, -0.2) is 40.8 Å². The Hall–Kier alpha value is -2.03. The molecule has 5 nitrogen and oxygen atoms in total. The van der Waals surface area contributed by atoms with Crippen LogP contribution in [0.1, 0.15) is 34.6 Å². The molecule has 0 aliphatic rings. The molecule has 1 aromatic heterocycles. The van der Waals surface area contributed by atoms with Gasteiger partial charge in [0.05, 0.1) is 22.4 Å². The molecule has 0 saturated heterocycles. The number of hydrogen-bond acceptors (Lipinski definition) is 6. The number of thiazole rings is 1. The molecule has 3 aromatic rings. The molecule has 0 atom stereocenters. The van der Waals surface area contributed by atoms with Crippen molar-refractivity contribution in [1.29, 1.82) is 0 Å². The molecule has 0 radical (unpaired) electrons. The number of ether oxygens (including phenoxy) is 1. The van der Waals surface area contributed by atoms with Gasteiger partial charge in [0.15, 0.2) is 4.80 Å². The summed E-state index contributed by atoms with van der Waals surface area (Å²) in [5.41, 5.74) is 2.03. The van der Waals surface area contributed by atoms with Crippen LogP contribution in [0, 0.1) is 0 Å². The van der Waals surface area contributed by atoms with Crippen molar-refractivity contribution in [2.75, 3.05) is 24.4 Å². The van der Waals surface area contributed by atoms with Gasteiger partial charge in [-0.25, -0.2) is 4.79 Å². The van der Waals surface area contributed by atoms with Gasteiger partial charge in [-0.05, 0) is 61.4 Å². The molecule has 1 heterocycles. The van der Waals surface area contributed by atoms with Crippen molar-refractivity contribution in [2.24, 2.45) is 4.99 Å². The highest BCUT2D eigenvalue weighted by atomic mass is 32.2. The van der Waals surface area contributed by atoms with Gasteiger partial charge in [-0.3, -0.25) is 4.79 Å². The van der Waals surface area contributed by atoms with E-state index in [1.54, 1.807) is 36.5 Å². The molecule has 0 bridgehead atoms. The third-order valence-electron chi connectivity index (χ3n) is 4.32. The number of carbonyl (C=O) groups excluding carboxylic acids is 2. The summed E-state index contributed by atoms with van der Waals surface area (Å²) in [7, 11) is 0. The molecule has 0 aliphatic carbocycles. The summed E-state index contributed by atoms with van der Waals surface area (Å²) in [4.78, 5) is 31.1. The number of thioether (sulfide) groups is 2. The zero-order chi connectivity index (χ0) is 21.5. The zero-order valence-electron chi connectivity index (χ0n) is 17.2. The Morgan fingerprint density at radius 2 is 1.83 bits per heavy atom. The van der Waals surface area contributed by atoms with Crippen LogP contribution < -0.4 is 4.80 Å². The van der Waals surface area contributed by atoms with E-state index in [9.17, 15) is 9.59 Å². The first kappa shape index (κ1) is 22.7. The second-order valence-electron chi connectivity index (χ2n) is 6.31. The highest BCUT2D eigenvalue weighted by molar-refractivity contribution is 7.99. The SMILES string of the molecule is CCOC(=O)c1ccc2c(c1)sc(=NC(=O)c1ccc(SCC)cc1)n2CCSC. The number of nitrogens with zero attached hydrogens (tertiary/aromatic N) is 2. The van der Waals surface area contributed by atoms with Crippen LogP contribution in [0.25, 0.3) is 10.2 Å². The van der Waals surface area contributed by atoms with Crippen LogP contribution in [0.15, 0.2) is 52.4 Å². The normalized spacial score (nSPS) is 11.8. The van der Waals surface area contributed by atoms with Crippen LogP contribution in [0.2, 0.25) is 0 Å². The van der Waals surface area contributed by atoms with Crippen LogP contribution in [0.3, 0.4) is 0 Å². The number of aryl methyl sites for hydroxylation is 1. The number of benzene rings is 2. The molecule has 3 rings (SSSR count). The Bertz CT molecular complexity index is 1100. The van der Waals surface area contributed by atoms with Gasteiger partial charge in [-0.15, -0.1) is 11.8 Å².